The highest BCUT2D eigenvalue weighted by molar-refractivity contribution is 6.35. The molecule has 21 heavy (non-hydrogen) atoms. The number of nitrogens with zero attached hydrogens (tertiary/aromatic N) is 2. The van der Waals surface area contributed by atoms with Crippen LogP contribution in [0.3, 0.4) is 0 Å². The Labute approximate surface area is 130 Å². The summed E-state index contributed by atoms with van der Waals surface area (Å²) >= 11 is 6.37. The van der Waals surface area contributed by atoms with Crippen molar-refractivity contribution in [3.05, 3.63) is 29.0 Å². The van der Waals surface area contributed by atoms with Crippen molar-refractivity contribution in [1.29, 1.82) is 0 Å². The minimum Gasteiger partial charge on any atom is -0.379 e. The molecule has 114 valence electrons. The number of rotatable bonds is 5. The van der Waals surface area contributed by atoms with E-state index in [1.807, 2.05) is 18.2 Å². The highest BCUT2D eigenvalue weighted by Crippen LogP contribution is 2.31. The molecule has 2 heterocycles. The third kappa shape index (κ3) is 2.68. The lowest BCUT2D eigenvalue weighted by Crippen LogP contribution is -2.36. The normalized spacial score (nSPS) is 22.2. The van der Waals surface area contributed by atoms with Gasteiger partial charge < -0.3 is 14.6 Å². The summed E-state index contributed by atoms with van der Waals surface area (Å²) in [5.41, 5.74) is 2.01. The number of nitrogens with one attached hydrogen (secondary N) is 1. The summed E-state index contributed by atoms with van der Waals surface area (Å²) in [7, 11) is 0. The molecule has 2 aromatic rings. The quantitative estimate of drug-likeness (QED) is 0.922. The number of hydrogen-bond donors (Lipinski definition) is 1. The van der Waals surface area contributed by atoms with Gasteiger partial charge >= 0.3 is 0 Å². The smallest absolute Gasteiger partial charge is 0.117 e. The first-order valence-corrected chi connectivity index (χ1v) is 8.09. The van der Waals surface area contributed by atoms with Crippen molar-refractivity contribution in [3.63, 3.8) is 0 Å². The van der Waals surface area contributed by atoms with Crippen molar-refractivity contribution in [2.75, 3.05) is 19.8 Å². The summed E-state index contributed by atoms with van der Waals surface area (Å²) in [4.78, 5) is 4.84. The van der Waals surface area contributed by atoms with Crippen molar-refractivity contribution in [1.82, 2.24) is 14.9 Å². The fourth-order valence-corrected chi connectivity index (χ4v) is 3.37. The maximum absolute atomic E-state index is 6.37. The molecule has 5 heteroatoms. The molecule has 0 aliphatic carbocycles. The van der Waals surface area contributed by atoms with Crippen molar-refractivity contribution >= 4 is 22.6 Å². The molecule has 2 unspecified atom stereocenters. The van der Waals surface area contributed by atoms with Gasteiger partial charge in [0.05, 0.1) is 35.2 Å². The van der Waals surface area contributed by atoms with Crippen LogP contribution < -0.4 is 5.32 Å². The average Bonchev–Trinajstić information content (AvgIpc) is 3.08. The van der Waals surface area contributed by atoms with Gasteiger partial charge in [-0.3, -0.25) is 0 Å². The zero-order valence-corrected chi connectivity index (χ0v) is 13.4. The van der Waals surface area contributed by atoms with E-state index in [1.54, 1.807) is 0 Å². The van der Waals surface area contributed by atoms with E-state index in [0.717, 1.165) is 54.6 Å². The lowest BCUT2D eigenvalue weighted by molar-refractivity contribution is 0.187. The van der Waals surface area contributed by atoms with Gasteiger partial charge in [-0.25, -0.2) is 4.98 Å². The van der Waals surface area contributed by atoms with Gasteiger partial charge in [-0.05, 0) is 32.0 Å². The van der Waals surface area contributed by atoms with E-state index in [9.17, 15) is 0 Å². The zero-order chi connectivity index (χ0) is 14.8. The molecule has 2 atom stereocenters. The number of halogens is 1. The standard InChI is InChI=1S/C16H22ClN3O/c1-3-8-18-14-10-21-9-11(14)16-19-13-7-5-6-12(17)15(13)20(16)4-2/h5-7,11,14,18H,3-4,8-10H2,1-2H3. The van der Waals surface area contributed by atoms with Crippen LogP contribution in [0.25, 0.3) is 11.0 Å². The summed E-state index contributed by atoms with van der Waals surface area (Å²) in [6, 6.07) is 6.26. The molecule has 1 aliphatic heterocycles. The highest BCUT2D eigenvalue weighted by Gasteiger charge is 2.33. The van der Waals surface area contributed by atoms with Crippen LogP contribution in [0.2, 0.25) is 5.02 Å². The number of imidazole rings is 1. The van der Waals surface area contributed by atoms with E-state index in [2.05, 4.69) is 23.7 Å². The molecular formula is C16H22ClN3O. The SMILES string of the molecule is CCCNC1COCC1c1nc2cccc(Cl)c2n1CC. The van der Waals surface area contributed by atoms with Gasteiger partial charge in [0.25, 0.3) is 0 Å². The van der Waals surface area contributed by atoms with Crippen LogP contribution in [-0.4, -0.2) is 35.4 Å². The van der Waals surface area contributed by atoms with Crippen LogP contribution in [0, 0.1) is 0 Å². The molecule has 4 nitrogen and oxygen atoms in total. The Hall–Kier alpha value is -1.10. The molecule has 1 N–H and O–H groups in total. The van der Waals surface area contributed by atoms with E-state index < -0.39 is 0 Å². The van der Waals surface area contributed by atoms with Crippen LogP contribution in [-0.2, 0) is 11.3 Å². The molecule has 1 aromatic heterocycles. The Morgan fingerprint density at radius 3 is 3.00 bits per heavy atom. The Balaban J connectivity index is 2.01. The largest absolute Gasteiger partial charge is 0.379 e. The fraction of sp³-hybridized carbons (Fsp3) is 0.562. The van der Waals surface area contributed by atoms with Gasteiger partial charge in [-0.15, -0.1) is 0 Å². The van der Waals surface area contributed by atoms with Gasteiger partial charge in [0, 0.05) is 12.6 Å². The topological polar surface area (TPSA) is 39.1 Å². The monoisotopic (exact) mass is 307 g/mol. The van der Waals surface area contributed by atoms with Gasteiger partial charge in [0.1, 0.15) is 5.82 Å². The van der Waals surface area contributed by atoms with Crippen LogP contribution in [0.1, 0.15) is 32.0 Å². The third-order valence-electron chi connectivity index (χ3n) is 4.13. The Bertz CT molecular complexity index is 625. The lowest BCUT2D eigenvalue weighted by atomic mass is 10.0. The summed E-state index contributed by atoms with van der Waals surface area (Å²) < 4.78 is 7.93. The predicted octanol–water partition coefficient (Wildman–Crippen LogP) is 3.19. The fourth-order valence-electron chi connectivity index (χ4n) is 3.10. The second kappa shape index (κ2) is 6.34. The minimum absolute atomic E-state index is 0.292. The van der Waals surface area contributed by atoms with E-state index >= 15 is 0 Å². The molecule has 0 radical (unpaired) electrons. The number of aryl methyl sites for hydroxylation is 1. The number of hydrogen-bond acceptors (Lipinski definition) is 3. The third-order valence-corrected chi connectivity index (χ3v) is 4.44. The van der Waals surface area contributed by atoms with Crippen molar-refractivity contribution < 1.29 is 4.74 Å². The summed E-state index contributed by atoms with van der Waals surface area (Å²) in [6.07, 6.45) is 1.12. The van der Waals surface area contributed by atoms with Crippen molar-refractivity contribution in [2.45, 2.75) is 38.8 Å². The van der Waals surface area contributed by atoms with E-state index in [0.29, 0.717) is 12.0 Å². The van der Waals surface area contributed by atoms with Crippen LogP contribution in [0.4, 0.5) is 0 Å². The molecule has 3 rings (SSSR count). The van der Waals surface area contributed by atoms with Crippen molar-refractivity contribution in [3.8, 4) is 0 Å². The molecule has 1 aromatic carbocycles. The van der Waals surface area contributed by atoms with E-state index in [-0.39, 0.29) is 0 Å². The summed E-state index contributed by atoms with van der Waals surface area (Å²) in [5, 5.41) is 4.35. The molecule has 0 amide bonds. The average molecular weight is 308 g/mol. The van der Waals surface area contributed by atoms with Gasteiger partial charge in [-0.2, -0.15) is 0 Å². The minimum atomic E-state index is 0.292. The molecule has 1 saturated heterocycles. The van der Waals surface area contributed by atoms with Gasteiger partial charge in [-0.1, -0.05) is 24.6 Å². The van der Waals surface area contributed by atoms with Gasteiger partial charge in [0.15, 0.2) is 0 Å². The van der Waals surface area contributed by atoms with E-state index in [1.165, 1.54) is 0 Å². The maximum Gasteiger partial charge on any atom is 0.117 e. The van der Waals surface area contributed by atoms with Crippen LogP contribution in [0.15, 0.2) is 18.2 Å². The van der Waals surface area contributed by atoms with E-state index in [4.69, 9.17) is 21.3 Å². The number of benzene rings is 1. The first-order chi connectivity index (χ1) is 10.3. The second-order valence-electron chi connectivity index (χ2n) is 5.53. The Kier molecular flexibility index (Phi) is 4.48. The first kappa shape index (κ1) is 14.8. The lowest BCUT2D eigenvalue weighted by Gasteiger charge is -2.19. The highest BCUT2D eigenvalue weighted by atomic mass is 35.5. The first-order valence-electron chi connectivity index (χ1n) is 7.72. The summed E-state index contributed by atoms with van der Waals surface area (Å²) in [6.45, 7) is 7.68. The molecule has 1 fully saturated rings. The van der Waals surface area contributed by atoms with Crippen molar-refractivity contribution in [2.24, 2.45) is 0 Å². The molecular weight excluding hydrogens is 286 g/mol. The van der Waals surface area contributed by atoms with Gasteiger partial charge in [0.2, 0.25) is 0 Å². The Morgan fingerprint density at radius 1 is 1.38 bits per heavy atom. The second-order valence-corrected chi connectivity index (χ2v) is 5.93. The molecule has 0 spiro atoms. The number of fused-ring (bicyclic) bond motifs is 1. The zero-order valence-electron chi connectivity index (χ0n) is 12.6. The molecule has 0 bridgehead atoms. The maximum atomic E-state index is 6.37. The van der Waals surface area contributed by atoms with Crippen LogP contribution in [0.5, 0.6) is 0 Å². The summed E-state index contributed by atoms with van der Waals surface area (Å²) in [5.74, 6) is 1.38. The molecule has 1 aliphatic rings. The number of para-hydroxylation sites is 1. The Morgan fingerprint density at radius 2 is 2.24 bits per heavy atom. The number of ether oxygens (including phenoxy) is 1. The number of aromatic nitrogens is 2. The van der Waals surface area contributed by atoms with Crippen LogP contribution >= 0.6 is 11.6 Å². The predicted molar refractivity (Wildman–Crippen MR) is 86.1 cm³/mol. The molecule has 0 saturated carbocycles.